The molecule has 0 radical (unpaired) electrons. The first-order chi connectivity index (χ1) is 30.2. The van der Waals surface area contributed by atoms with Crippen LogP contribution < -0.4 is 21.3 Å². The molecule has 1 aliphatic heterocycles. The van der Waals surface area contributed by atoms with Crippen molar-refractivity contribution in [1.29, 1.82) is 0 Å². The molecule has 0 bridgehead atoms. The molecule has 6 rings (SSSR count). The van der Waals surface area contributed by atoms with Crippen LogP contribution in [0, 0.1) is 18.8 Å². The molecule has 0 spiro atoms. The minimum atomic E-state index is -5.08. The number of carboxylic acid groups (broad SMARTS) is 1. The maximum absolute atomic E-state index is 13.9. The van der Waals surface area contributed by atoms with Gasteiger partial charge in [-0.1, -0.05) is 30.3 Å². The monoisotopic (exact) mass is 891 g/mol. The Morgan fingerprint density at radius 3 is 2.08 bits per heavy atom. The Labute approximate surface area is 369 Å². The number of piperidine rings is 1. The van der Waals surface area contributed by atoms with Crippen molar-refractivity contribution in [2.75, 3.05) is 32.0 Å². The van der Waals surface area contributed by atoms with Gasteiger partial charge in [-0.3, -0.25) is 14.4 Å². The van der Waals surface area contributed by atoms with E-state index in [0.717, 1.165) is 66.6 Å². The number of carbonyl (C=O) groups excluding carboxylic acids is 4. The van der Waals surface area contributed by atoms with Gasteiger partial charge in [-0.15, -0.1) is 10.2 Å². The fourth-order valence-corrected chi connectivity index (χ4v) is 7.49. The van der Waals surface area contributed by atoms with Crippen molar-refractivity contribution in [2.24, 2.45) is 11.8 Å². The Morgan fingerprint density at radius 1 is 0.891 bits per heavy atom. The van der Waals surface area contributed by atoms with Crippen LogP contribution in [-0.2, 0) is 25.5 Å². The number of benzene rings is 3. The Kier molecular flexibility index (Phi) is 16.6. The van der Waals surface area contributed by atoms with Crippen LogP contribution >= 0.6 is 0 Å². The number of anilines is 1. The second-order valence-corrected chi connectivity index (χ2v) is 17.2. The van der Waals surface area contributed by atoms with Crippen LogP contribution in [0.15, 0.2) is 66.7 Å². The number of aromatic amines is 1. The zero-order valence-electron chi connectivity index (χ0n) is 36.6. The van der Waals surface area contributed by atoms with Gasteiger partial charge in [0.25, 0.3) is 5.91 Å². The van der Waals surface area contributed by atoms with E-state index in [0.29, 0.717) is 36.5 Å². The number of H-pyrrole nitrogens is 1. The normalized spacial score (nSPS) is 17.5. The van der Waals surface area contributed by atoms with E-state index in [4.69, 9.17) is 14.6 Å². The SMILES string of the molecule is Cc1cc(C(=O)NC2CCN(C)CC2)ccc1-c1ccc(C[C@H](NC(=O)C2CCC(CNC(=O)OC(C)(C)C)CC2)C(=O)Nc2ccc(-c3nn[nH]n3)cc2)cc1.O=C(O)C(F)(F)F. The van der Waals surface area contributed by atoms with Crippen LogP contribution in [-0.4, -0.2) is 111 Å². The van der Waals surface area contributed by atoms with Gasteiger partial charge in [0.2, 0.25) is 17.6 Å². The first kappa shape index (κ1) is 48.7. The van der Waals surface area contributed by atoms with Crippen molar-refractivity contribution in [2.45, 2.75) is 96.5 Å². The highest BCUT2D eigenvalue weighted by molar-refractivity contribution is 5.98. The van der Waals surface area contributed by atoms with Crippen molar-refractivity contribution in [3.05, 3.63) is 83.4 Å². The molecule has 64 heavy (non-hydrogen) atoms. The minimum absolute atomic E-state index is 0.0490. The number of aromatic nitrogens is 4. The summed E-state index contributed by atoms with van der Waals surface area (Å²) in [6.07, 6.45) is -0.468. The molecule has 344 valence electrons. The maximum atomic E-state index is 13.9. The molecule has 1 saturated carbocycles. The number of carboxylic acids is 1. The van der Waals surface area contributed by atoms with Crippen molar-refractivity contribution < 1.29 is 47.0 Å². The number of amides is 4. The highest BCUT2D eigenvalue weighted by Crippen LogP contribution is 2.30. The van der Waals surface area contributed by atoms with E-state index in [1.807, 2.05) is 70.2 Å². The van der Waals surface area contributed by atoms with Gasteiger partial charge < -0.3 is 36.0 Å². The van der Waals surface area contributed by atoms with Crippen LogP contribution in [0.25, 0.3) is 22.5 Å². The summed E-state index contributed by atoms with van der Waals surface area (Å²) in [6, 6.07) is 20.2. The molecule has 1 atom stereocenters. The molecule has 1 aromatic heterocycles. The molecule has 16 nitrogen and oxygen atoms in total. The predicted octanol–water partition coefficient (Wildman–Crippen LogP) is 6.30. The van der Waals surface area contributed by atoms with Gasteiger partial charge in [0.15, 0.2) is 0 Å². The topological polar surface area (TPSA) is 221 Å². The highest BCUT2D eigenvalue weighted by atomic mass is 19.4. The summed E-state index contributed by atoms with van der Waals surface area (Å²) in [5, 5.41) is 33.3. The van der Waals surface area contributed by atoms with Gasteiger partial charge in [-0.25, -0.2) is 9.59 Å². The largest absolute Gasteiger partial charge is 0.490 e. The number of alkyl halides is 3. The van der Waals surface area contributed by atoms with Crippen LogP contribution in [0.4, 0.5) is 23.7 Å². The molecule has 1 aliphatic carbocycles. The van der Waals surface area contributed by atoms with Crippen molar-refractivity contribution in [3.8, 4) is 22.5 Å². The average molecular weight is 892 g/mol. The van der Waals surface area contributed by atoms with Crippen LogP contribution in [0.1, 0.15) is 80.8 Å². The number of alkyl carbamates (subject to hydrolysis) is 1. The molecule has 2 aliphatic rings. The van der Waals surface area contributed by atoms with E-state index in [-0.39, 0.29) is 42.0 Å². The Balaban J connectivity index is 0.00000102. The fraction of sp³-hybridized carbons (Fsp3) is 0.467. The first-order valence-electron chi connectivity index (χ1n) is 21.2. The lowest BCUT2D eigenvalue weighted by Crippen LogP contribution is -2.48. The van der Waals surface area contributed by atoms with Gasteiger partial charge in [0.1, 0.15) is 11.6 Å². The molecule has 6 N–H and O–H groups in total. The first-order valence-corrected chi connectivity index (χ1v) is 21.2. The molecule has 19 heteroatoms. The third kappa shape index (κ3) is 14.9. The molecule has 4 aromatic rings. The smallest absolute Gasteiger partial charge is 0.475 e. The zero-order chi connectivity index (χ0) is 46.6. The number of likely N-dealkylation sites (tertiary alicyclic amines) is 1. The van der Waals surface area contributed by atoms with E-state index in [9.17, 15) is 32.3 Å². The van der Waals surface area contributed by atoms with E-state index in [1.54, 1.807) is 24.3 Å². The number of carbonyl (C=O) groups is 5. The number of rotatable bonds is 12. The molecule has 0 unspecified atom stereocenters. The molecule has 3 aromatic carbocycles. The number of hydrogen-bond donors (Lipinski definition) is 6. The van der Waals surface area contributed by atoms with Crippen molar-refractivity contribution >= 4 is 35.5 Å². The van der Waals surface area contributed by atoms with Gasteiger partial charge in [0, 0.05) is 41.7 Å². The molecule has 2 fully saturated rings. The summed E-state index contributed by atoms with van der Waals surface area (Å²) in [5.74, 6) is -2.85. The molecule has 2 heterocycles. The molecule has 4 amide bonds. The van der Waals surface area contributed by atoms with Crippen LogP contribution in [0.5, 0.6) is 0 Å². The van der Waals surface area contributed by atoms with Gasteiger partial charge >= 0.3 is 18.2 Å². The quantitative estimate of drug-likeness (QED) is 0.0927. The van der Waals surface area contributed by atoms with Gasteiger partial charge in [-0.2, -0.15) is 18.4 Å². The fourth-order valence-electron chi connectivity index (χ4n) is 7.49. The summed E-state index contributed by atoms with van der Waals surface area (Å²) in [5.41, 5.74) is 5.26. The van der Waals surface area contributed by atoms with E-state index < -0.39 is 29.9 Å². The Bertz CT molecular complexity index is 2200. The zero-order valence-corrected chi connectivity index (χ0v) is 36.6. The number of nitrogens with zero attached hydrogens (tertiary/aromatic N) is 4. The van der Waals surface area contributed by atoms with Gasteiger partial charge in [-0.05, 0) is 156 Å². The lowest BCUT2D eigenvalue weighted by molar-refractivity contribution is -0.192. The lowest BCUT2D eigenvalue weighted by Gasteiger charge is -2.29. The van der Waals surface area contributed by atoms with Crippen LogP contribution in [0.3, 0.4) is 0 Å². The number of halogens is 3. The predicted molar refractivity (Wildman–Crippen MR) is 232 cm³/mol. The Morgan fingerprint density at radius 2 is 1.52 bits per heavy atom. The summed E-state index contributed by atoms with van der Waals surface area (Å²) >= 11 is 0. The third-order valence-corrected chi connectivity index (χ3v) is 11.0. The number of nitrogens with one attached hydrogen (secondary N) is 5. The second kappa shape index (κ2) is 21.8. The lowest BCUT2D eigenvalue weighted by atomic mass is 9.81. The summed E-state index contributed by atoms with van der Waals surface area (Å²) < 4.78 is 37.1. The van der Waals surface area contributed by atoms with E-state index >= 15 is 0 Å². The standard InChI is InChI=1S/C43H55N9O5.C2HF3O2/c1-27-24-33(40(54)45-35-20-22-52(5)23-21-35)16-19-36(27)30-10-6-28(7-11-30)25-37(41(55)46-34-17-14-31(15-18-34)38-48-50-51-49-38)47-39(53)32-12-8-29(9-13-32)26-44-42(56)57-43(2,3)4;3-2(4,5)1(6)7/h6-7,10-11,14-19,24,29,32,35,37H,8-9,12-13,20-23,25-26H2,1-5H3,(H,44,56)(H,45,54)(H,46,55)(H,47,53)(H,48,49,50,51);(H,6,7)/t29?,32?,37-;/m0./s1. The molecule has 1 saturated heterocycles. The number of aliphatic carboxylic acids is 1. The van der Waals surface area contributed by atoms with Crippen LogP contribution in [0.2, 0.25) is 0 Å². The second-order valence-electron chi connectivity index (χ2n) is 17.2. The number of ether oxygens (including phenoxy) is 1. The molecular formula is C45H56F3N9O7. The number of aryl methyl sites for hydroxylation is 1. The maximum Gasteiger partial charge on any atom is 0.490 e. The van der Waals surface area contributed by atoms with E-state index in [2.05, 4.69) is 53.8 Å². The van der Waals surface area contributed by atoms with Gasteiger partial charge in [0.05, 0.1) is 0 Å². The third-order valence-electron chi connectivity index (χ3n) is 11.0. The summed E-state index contributed by atoms with van der Waals surface area (Å²) in [7, 11) is 2.10. The van der Waals surface area contributed by atoms with Crippen molar-refractivity contribution in [3.63, 3.8) is 0 Å². The van der Waals surface area contributed by atoms with Crippen molar-refractivity contribution in [1.82, 2.24) is 41.5 Å². The summed E-state index contributed by atoms with van der Waals surface area (Å²) in [6.45, 7) is 9.94. The number of tetrazole rings is 1. The average Bonchev–Trinajstić information content (AvgIpc) is 3.79. The molecular weight excluding hydrogens is 836 g/mol. The summed E-state index contributed by atoms with van der Waals surface area (Å²) in [4.78, 5) is 63.9. The number of hydrogen-bond acceptors (Lipinski definition) is 10. The van der Waals surface area contributed by atoms with E-state index in [1.165, 1.54) is 0 Å². The minimum Gasteiger partial charge on any atom is -0.475 e. The highest BCUT2D eigenvalue weighted by Gasteiger charge is 2.38. The Hall–Kier alpha value is -6.37.